The molecule has 3 heteroatoms. The van der Waals surface area contributed by atoms with Crippen LogP contribution in [0.1, 0.15) is 33.6 Å². The van der Waals surface area contributed by atoms with E-state index >= 15 is 0 Å². The molecular weight excluding hydrogens is 210 g/mol. The third kappa shape index (κ3) is 1.75. The summed E-state index contributed by atoms with van der Waals surface area (Å²) in [6.45, 7) is 12.6. The van der Waals surface area contributed by atoms with Gasteiger partial charge in [0.2, 0.25) is 0 Å². The number of hydrogen-bond acceptors (Lipinski definition) is 2. The maximum absolute atomic E-state index is 4.71. The van der Waals surface area contributed by atoms with Gasteiger partial charge in [-0.2, -0.15) is 5.10 Å². The second-order valence-corrected chi connectivity index (χ2v) is 4.73. The molecule has 0 bridgehead atoms. The van der Waals surface area contributed by atoms with E-state index in [1.165, 1.54) is 22.3 Å². The summed E-state index contributed by atoms with van der Waals surface area (Å²) in [5, 5.41) is 7.34. The first-order chi connectivity index (χ1) is 7.93. The summed E-state index contributed by atoms with van der Waals surface area (Å²) in [6, 6.07) is 0. The Bertz CT molecular complexity index is 580. The second kappa shape index (κ2) is 3.99. The molecule has 2 rings (SSSR count). The third-order valence-electron chi connectivity index (χ3n) is 3.79. The first-order valence-electron chi connectivity index (χ1n) is 5.89. The summed E-state index contributed by atoms with van der Waals surface area (Å²) in [5.41, 5.74) is 9.23. The van der Waals surface area contributed by atoms with Gasteiger partial charge in [0.15, 0.2) is 0 Å². The molecule has 90 valence electrons. The van der Waals surface area contributed by atoms with Crippen LogP contribution < -0.4 is 0 Å². The van der Waals surface area contributed by atoms with Gasteiger partial charge in [-0.3, -0.25) is 10.1 Å². The van der Waals surface area contributed by atoms with Crippen molar-refractivity contribution in [3.63, 3.8) is 0 Å². The molecule has 2 aromatic rings. The number of aryl methyl sites for hydroxylation is 2. The van der Waals surface area contributed by atoms with Crippen molar-refractivity contribution in [2.24, 2.45) is 0 Å². The maximum atomic E-state index is 4.71. The molecule has 0 saturated heterocycles. The predicted octanol–water partition coefficient (Wildman–Crippen LogP) is 3.32. The molecular formula is C14H19N3. The summed E-state index contributed by atoms with van der Waals surface area (Å²) in [4.78, 5) is 4.71. The average molecular weight is 229 g/mol. The fourth-order valence-electron chi connectivity index (χ4n) is 2.03. The molecule has 0 aliphatic carbocycles. The largest absolute Gasteiger partial charge is 0.276 e. The van der Waals surface area contributed by atoms with Crippen LogP contribution in [-0.4, -0.2) is 15.2 Å². The predicted molar refractivity (Wildman–Crippen MR) is 70.2 cm³/mol. The van der Waals surface area contributed by atoms with Gasteiger partial charge < -0.3 is 0 Å². The number of pyridine rings is 1. The van der Waals surface area contributed by atoms with Crippen LogP contribution in [0.3, 0.4) is 0 Å². The van der Waals surface area contributed by atoms with E-state index in [-0.39, 0.29) is 0 Å². The Morgan fingerprint density at radius 1 is 0.706 bits per heavy atom. The van der Waals surface area contributed by atoms with Crippen molar-refractivity contribution >= 4 is 0 Å². The lowest BCUT2D eigenvalue weighted by molar-refractivity contribution is 1.03. The molecule has 0 amide bonds. The van der Waals surface area contributed by atoms with Crippen LogP contribution in [0.15, 0.2) is 0 Å². The van der Waals surface area contributed by atoms with Gasteiger partial charge in [0.25, 0.3) is 0 Å². The molecule has 0 radical (unpaired) electrons. The van der Waals surface area contributed by atoms with Gasteiger partial charge >= 0.3 is 0 Å². The first-order valence-corrected chi connectivity index (χ1v) is 5.89. The number of aromatic nitrogens is 3. The average Bonchev–Trinajstić information content (AvgIpc) is 2.62. The van der Waals surface area contributed by atoms with Crippen molar-refractivity contribution < 1.29 is 0 Å². The molecule has 2 aromatic heterocycles. The highest BCUT2D eigenvalue weighted by Gasteiger charge is 2.15. The van der Waals surface area contributed by atoms with Crippen molar-refractivity contribution in [2.75, 3.05) is 0 Å². The Hall–Kier alpha value is -1.64. The summed E-state index contributed by atoms with van der Waals surface area (Å²) >= 11 is 0. The zero-order chi connectivity index (χ0) is 12.7. The highest BCUT2D eigenvalue weighted by atomic mass is 15.1. The van der Waals surface area contributed by atoms with E-state index in [0.29, 0.717) is 0 Å². The lowest BCUT2D eigenvalue weighted by Crippen LogP contribution is -2.00. The number of aromatic amines is 1. The summed E-state index contributed by atoms with van der Waals surface area (Å²) < 4.78 is 0. The number of H-pyrrole nitrogens is 1. The lowest BCUT2D eigenvalue weighted by atomic mass is 9.99. The summed E-state index contributed by atoms with van der Waals surface area (Å²) in [7, 11) is 0. The van der Waals surface area contributed by atoms with E-state index in [2.05, 4.69) is 44.8 Å². The van der Waals surface area contributed by atoms with Gasteiger partial charge in [-0.1, -0.05) is 0 Å². The van der Waals surface area contributed by atoms with Crippen molar-refractivity contribution in [3.8, 4) is 11.4 Å². The zero-order valence-corrected chi connectivity index (χ0v) is 11.4. The normalized spacial score (nSPS) is 10.9. The SMILES string of the molecule is Cc1n[nH]c(-c2nc(C)c(C)c(C)c2C)c1C. The molecule has 1 N–H and O–H groups in total. The van der Waals surface area contributed by atoms with Gasteiger partial charge in [-0.05, 0) is 63.8 Å². The third-order valence-corrected chi connectivity index (χ3v) is 3.79. The Kier molecular flexibility index (Phi) is 2.77. The van der Waals surface area contributed by atoms with Gasteiger partial charge in [0, 0.05) is 5.69 Å². The molecule has 0 aliphatic heterocycles. The lowest BCUT2D eigenvalue weighted by Gasteiger charge is -2.12. The van der Waals surface area contributed by atoms with Gasteiger partial charge in [0.1, 0.15) is 0 Å². The van der Waals surface area contributed by atoms with Crippen molar-refractivity contribution in [1.29, 1.82) is 0 Å². The number of nitrogens with zero attached hydrogens (tertiary/aromatic N) is 2. The molecule has 17 heavy (non-hydrogen) atoms. The van der Waals surface area contributed by atoms with Gasteiger partial charge in [-0.15, -0.1) is 0 Å². The van der Waals surface area contributed by atoms with E-state index in [0.717, 1.165) is 22.8 Å². The molecule has 0 atom stereocenters. The van der Waals surface area contributed by atoms with Gasteiger partial charge in [-0.25, -0.2) is 0 Å². The molecule has 2 heterocycles. The monoisotopic (exact) mass is 229 g/mol. The van der Waals surface area contributed by atoms with E-state index in [1.807, 2.05) is 6.92 Å². The van der Waals surface area contributed by atoms with E-state index in [4.69, 9.17) is 4.98 Å². The van der Waals surface area contributed by atoms with Gasteiger partial charge in [0.05, 0.1) is 17.1 Å². The van der Waals surface area contributed by atoms with E-state index in [1.54, 1.807) is 0 Å². The van der Waals surface area contributed by atoms with E-state index < -0.39 is 0 Å². The molecule has 0 aliphatic rings. The Morgan fingerprint density at radius 2 is 1.35 bits per heavy atom. The van der Waals surface area contributed by atoms with Crippen LogP contribution in [0.2, 0.25) is 0 Å². The minimum Gasteiger partial charge on any atom is -0.276 e. The molecule has 3 nitrogen and oxygen atoms in total. The molecule has 0 spiro atoms. The van der Waals surface area contributed by atoms with Crippen LogP contribution >= 0.6 is 0 Å². The molecule has 0 saturated carbocycles. The smallest absolute Gasteiger partial charge is 0.0918 e. The minimum atomic E-state index is 1.03. The first kappa shape index (κ1) is 11.8. The highest BCUT2D eigenvalue weighted by Crippen LogP contribution is 2.28. The highest BCUT2D eigenvalue weighted by molar-refractivity contribution is 5.65. The van der Waals surface area contributed by atoms with Crippen LogP contribution in [0.5, 0.6) is 0 Å². The van der Waals surface area contributed by atoms with Crippen LogP contribution in [0.4, 0.5) is 0 Å². The number of rotatable bonds is 1. The van der Waals surface area contributed by atoms with Crippen LogP contribution in [0, 0.1) is 41.5 Å². The van der Waals surface area contributed by atoms with Crippen molar-refractivity contribution in [1.82, 2.24) is 15.2 Å². The van der Waals surface area contributed by atoms with E-state index in [9.17, 15) is 0 Å². The van der Waals surface area contributed by atoms with Crippen LogP contribution in [0.25, 0.3) is 11.4 Å². The quantitative estimate of drug-likeness (QED) is 0.815. The Morgan fingerprint density at radius 3 is 1.88 bits per heavy atom. The number of nitrogens with one attached hydrogen (secondary N) is 1. The second-order valence-electron chi connectivity index (χ2n) is 4.73. The standard InChI is InChI=1S/C14H19N3/c1-7-8(2)11(5)15-13(9(7)3)14-10(4)12(6)16-17-14/h1-6H3,(H,16,17). The fourth-order valence-corrected chi connectivity index (χ4v) is 2.03. The maximum Gasteiger partial charge on any atom is 0.0918 e. The Labute approximate surface area is 102 Å². The molecule has 0 unspecified atom stereocenters. The molecule has 0 fully saturated rings. The fraction of sp³-hybridized carbons (Fsp3) is 0.429. The number of hydrogen-bond donors (Lipinski definition) is 1. The Balaban J connectivity index is 2.73. The zero-order valence-electron chi connectivity index (χ0n) is 11.4. The van der Waals surface area contributed by atoms with Crippen LogP contribution in [-0.2, 0) is 0 Å². The van der Waals surface area contributed by atoms with Crippen molar-refractivity contribution in [3.05, 3.63) is 33.6 Å². The summed E-state index contributed by atoms with van der Waals surface area (Å²) in [5.74, 6) is 0. The topological polar surface area (TPSA) is 41.6 Å². The molecule has 0 aromatic carbocycles. The summed E-state index contributed by atoms with van der Waals surface area (Å²) in [6.07, 6.45) is 0. The van der Waals surface area contributed by atoms with Crippen molar-refractivity contribution in [2.45, 2.75) is 41.5 Å². The minimum absolute atomic E-state index is 1.03.